The monoisotopic (exact) mass is 182 g/mol. The number of hydrogen-bond acceptors (Lipinski definition) is 1. The highest BCUT2D eigenvalue weighted by Crippen LogP contribution is 2.54. The van der Waals surface area contributed by atoms with Crippen LogP contribution in [0.2, 0.25) is 0 Å². The summed E-state index contributed by atoms with van der Waals surface area (Å²) in [5, 5.41) is 10.3. The molecule has 2 aliphatic rings. The van der Waals surface area contributed by atoms with Crippen LogP contribution in [0.1, 0.15) is 58.8 Å². The lowest BCUT2D eigenvalue weighted by Gasteiger charge is -2.50. The molecule has 2 rings (SSSR count). The smallest absolute Gasteiger partial charge is 0.0671 e. The molecule has 2 saturated carbocycles. The quantitative estimate of drug-likeness (QED) is 0.660. The van der Waals surface area contributed by atoms with Crippen LogP contribution in [0.3, 0.4) is 0 Å². The maximum Gasteiger partial charge on any atom is 0.0671 e. The molecule has 0 amide bonds. The van der Waals surface area contributed by atoms with Gasteiger partial charge in [0, 0.05) is 0 Å². The first kappa shape index (κ1) is 9.51. The molecule has 1 spiro atoms. The van der Waals surface area contributed by atoms with Crippen molar-refractivity contribution in [2.45, 2.75) is 64.4 Å². The Hall–Kier alpha value is -0.0400. The average molecular weight is 182 g/mol. The van der Waals surface area contributed by atoms with Crippen molar-refractivity contribution in [3.05, 3.63) is 0 Å². The van der Waals surface area contributed by atoms with E-state index in [0.717, 1.165) is 12.8 Å². The summed E-state index contributed by atoms with van der Waals surface area (Å²) >= 11 is 0. The van der Waals surface area contributed by atoms with E-state index < -0.39 is 0 Å². The van der Waals surface area contributed by atoms with E-state index in [-0.39, 0.29) is 5.60 Å². The molecule has 0 aromatic rings. The van der Waals surface area contributed by atoms with E-state index in [1.54, 1.807) is 0 Å². The molecule has 0 aliphatic heterocycles. The van der Waals surface area contributed by atoms with E-state index in [1.807, 2.05) is 0 Å². The zero-order chi connectivity index (χ0) is 9.53. The topological polar surface area (TPSA) is 20.2 Å². The van der Waals surface area contributed by atoms with E-state index in [1.165, 1.54) is 32.1 Å². The molecule has 1 N–H and O–H groups in total. The Morgan fingerprint density at radius 3 is 1.77 bits per heavy atom. The summed E-state index contributed by atoms with van der Waals surface area (Å²) in [5.74, 6) is 0.435. The van der Waals surface area contributed by atoms with Gasteiger partial charge in [0.25, 0.3) is 0 Å². The number of rotatable bonds is 1. The lowest BCUT2D eigenvalue weighted by Crippen LogP contribution is -2.45. The fourth-order valence-corrected chi connectivity index (χ4v) is 2.97. The van der Waals surface area contributed by atoms with Crippen LogP contribution in [-0.4, -0.2) is 10.7 Å². The van der Waals surface area contributed by atoms with E-state index in [4.69, 9.17) is 0 Å². The molecule has 0 atom stereocenters. The van der Waals surface area contributed by atoms with Crippen LogP contribution in [0, 0.1) is 11.3 Å². The SMILES string of the molecule is CC(C)C1(O)CCC2(CCC2)CC1. The minimum Gasteiger partial charge on any atom is -0.390 e. The summed E-state index contributed by atoms with van der Waals surface area (Å²) < 4.78 is 0. The van der Waals surface area contributed by atoms with Gasteiger partial charge in [-0.1, -0.05) is 20.3 Å². The van der Waals surface area contributed by atoms with Gasteiger partial charge in [0.1, 0.15) is 0 Å². The molecule has 13 heavy (non-hydrogen) atoms. The highest BCUT2D eigenvalue weighted by Gasteiger charge is 2.45. The van der Waals surface area contributed by atoms with Crippen molar-refractivity contribution < 1.29 is 5.11 Å². The van der Waals surface area contributed by atoms with Gasteiger partial charge in [0.2, 0.25) is 0 Å². The predicted octanol–water partition coefficient (Wildman–Crippen LogP) is 3.12. The highest BCUT2D eigenvalue weighted by atomic mass is 16.3. The van der Waals surface area contributed by atoms with Crippen molar-refractivity contribution in [1.29, 1.82) is 0 Å². The minimum absolute atomic E-state index is 0.332. The van der Waals surface area contributed by atoms with Crippen LogP contribution in [-0.2, 0) is 0 Å². The molecule has 1 nitrogen and oxygen atoms in total. The predicted molar refractivity (Wildman–Crippen MR) is 54.5 cm³/mol. The third-order valence-electron chi connectivity index (χ3n) is 4.67. The zero-order valence-electron chi connectivity index (χ0n) is 8.97. The molecule has 0 saturated heterocycles. The van der Waals surface area contributed by atoms with Crippen molar-refractivity contribution in [2.75, 3.05) is 0 Å². The van der Waals surface area contributed by atoms with E-state index in [0.29, 0.717) is 11.3 Å². The highest BCUT2D eigenvalue weighted by molar-refractivity contribution is 4.97. The Bertz CT molecular complexity index is 181. The average Bonchev–Trinajstić information content (AvgIpc) is 2.03. The second-order valence-electron chi connectivity index (χ2n) is 5.61. The zero-order valence-corrected chi connectivity index (χ0v) is 8.97. The van der Waals surface area contributed by atoms with Crippen LogP contribution < -0.4 is 0 Å². The Kier molecular flexibility index (Phi) is 2.18. The molecule has 0 radical (unpaired) electrons. The first-order chi connectivity index (χ1) is 6.06. The maximum atomic E-state index is 10.3. The van der Waals surface area contributed by atoms with Gasteiger partial charge in [-0.2, -0.15) is 0 Å². The summed E-state index contributed by atoms with van der Waals surface area (Å²) in [4.78, 5) is 0. The maximum absolute atomic E-state index is 10.3. The number of aliphatic hydroxyl groups is 1. The van der Waals surface area contributed by atoms with Crippen molar-refractivity contribution in [3.63, 3.8) is 0 Å². The van der Waals surface area contributed by atoms with Gasteiger partial charge in [-0.3, -0.25) is 0 Å². The normalized spacial score (nSPS) is 30.5. The molecule has 0 heterocycles. The summed E-state index contributed by atoms with van der Waals surface area (Å²) in [5.41, 5.74) is 0.349. The summed E-state index contributed by atoms with van der Waals surface area (Å²) in [6.07, 6.45) is 8.95. The van der Waals surface area contributed by atoms with Crippen LogP contribution in [0.15, 0.2) is 0 Å². The molecular formula is C12H22O. The molecule has 2 fully saturated rings. The van der Waals surface area contributed by atoms with E-state index >= 15 is 0 Å². The van der Waals surface area contributed by atoms with Gasteiger partial charge in [-0.05, 0) is 49.9 Å². The Morgan fingerprint density at radius 1 is 0.923 bits per heavy atom. The fraction of sp³-hybridized carbons (Fsp3) is 1.00. The molecule has 0 aromatic carbocycles. The van der Waals surface area contributed by atoms with Gasteiger partial charge in [0.15, 0.2) is 0 Å². The second kappa shape index (κ2) is 2.98. The summed E-state index contributed by atoms with van der Waals surface area (Å²) in [6, 6.07) is 0. The van der Waals surface area contributed by atoms with E-state index in [9.17, 15) is 5.11 Å². The van der Waals surface area contributed by atoms with Crippen LogP contribution in [0.4, 0.5) is 0 Å². The first-order valence-corrected chi connectivity index (χ1v) is 5.79. The third kappa shape index (κ3) is 1.52. The van der Waals surface area contributed by atoms with Crippen molar-refractivity contribution in [1.82, 2.24) is 0 Å². The van der Waals surface area contributed by atoms with Crippen molar-refractivity contribution in [2.24, 2.45) is 11.3 Å². The van der Waals surface area contributed by atoms with Crippen molar-refractivity contribution in [3.8, 4) is 0 Å². The van der Waals surface area contributed by atoms with E-state index in [2.05, 4.69) is 13.8 Å². The van der Waals surface area contributed by atoms with Gasteiger partial charge >= 0.3 is 0 Å². The van der Waals surface area contributed by atoms with Gasteiger partial charge in [-0.25, -0.2) is 0 Å². The largest absolute Gasteiger partial charge is 0.390 e. The van der Waals surface area contributed by atoms with Crippen LogP contribution >= 0.6 is 0 Å². The molecule has 0 bridgehead atoms. The molecule has 76 valence electrons. The number of hydrogen-bond donors (Lipinski definition) is 1. The van der Waals surface area contributed by atoms with Crippen molar-refractivity contribution >= 4 is 0 Å². The fourth-order valence-electron chi connectivity index (χ4n) is 2.97. The third-order valence-corrected chi connectivity index (χ3v) is 4.67. The Labute approximate surface area is 81.5 Å². The second-order valence-corrected chi connectivity index (χ2v) is 5.61. The van der Waals surface area contributed by atoms with Gasteiger partial charge < -0.3 is 5.11 Å². The standard InChI is InChI=1S/C12H22O/c1-10(2)12(13)8-6-11(7-9-12)4-3-5-11/h10,13H,3-9H2,1-2H3. The first-order valence-electron chi connectivity index (χ1n) is 5.79. The molecule has 0 unspecified atom stereocenters. The Balaban J connectivity index is 1.95. The molecular weight excluding hydrogens is 160 g/mol. The lowest BCUT2D eigenvalue weighted by atomic mass is 9.57. The van der Waals surface area contributed by atoms with Gasteiger partial charge in [-0.15, -0.1) is 0 Å². The molecule has 0 aromatic heterocycles. The Morgan fingerprint density at radius 2 is 1.46 bits per heavy atom. The molecule has 1 heteroatoms. The van der Waals surface area contributed by atoms with Crippen LogP contribution in [0.5, 0.6) is 0 Å². The van der Waals surface area contributed by atoms with Gasteiger partial charge in [0.05, 0.1) is 5.60 Å². The lowest BCUT2D eigenvalue weighted by molar-refractivity contribution is -0.0856. The minimum atomic E-state index is -0.332. The molecule has 2 aliphatic carbocycles. The summed E-state index contributed by atoms with van der Waals surface area (Å²) in [6.45, 7) is 4.30. The summed E-state index contributed by atoms with van der Waals surface area (Å²) in [7, 11) is 0. The van der Waals surface area contributed by atoms with Crippen LogP contribution in [0.25, 0.3) is 0 Å².